The van der Waals surface area contributed by atoms with Gasteiger partial charge in [-0.05, 0) is 64.6 Å². The second kappa shape index (κ2) is 9.85. The molecule has 0 spiro atoms. The summed E-state index contributed by atoms with van der Waals surface area (Å²) in [5.41, 5.74) is 2.65. The van der Waals surface area contributed by atoms with E-state index in [0.717, 1.165) is 61.2 Å². The van der Waals surface area contributed by atoms with Gasteiger partial charge < -0.3 is 20.3 Å². The molecule has 9 heteroatoms. The van der Waals surface area contributed by atoms with E-state index in [1.807, 2.05) is 17.7 Å². The molecule has 2 unspecified atom stereocenters. The maximum atomic E-state index is 13.5. The topological polar surface area (TPSA) is 101 Å². The highest BCUT2D eigenvalue weighted by atomic mass is 16.5. The minimum absolute atomic E-state index is 0.0462. The molecule has 9 nitrogen and oxygen atoms in total. The number of nitrogens with one attached hydrogen (secondary N) is 2. The zero-order chi connectivity index (χ0) is 22.7. The number of amides is 2. The fourth-order valence-electron chi connectivity index (χ4n) is 4.57. The molecule has 0 bridgehead atoms. The fraction of sp³-hybridized carbons (Fsp3) is 0.652. The van der Waals surface area contributed by atoms with Crippen molar-refractivity contribution in [3.8, 4) is 0 Å². The van der Waals surface area contributed by atoms with E-state index in [9.17, 15) is 9.59 Å². The number of hydrogen-bond donors (Lipinski definition) is 2. The number of carbonyl (C=O) groups is 2. The Morgan fingerprint density at radius 1 is 1.34 bits per heavy atom. The van der Waals surface area contributed by atoms with Crippen molar-refractivity contribution in [1.29, 1.82) is 0 Å². The molecule has 3 heterocycles. The molecule has 2 fully saturated rings. The summed E-state index contributed by atoms with van der Waals surface area (Å²) in [4.78, 5) is 31.6. The van der Waals surface area contributed by atoms with Crippen LogP contribution in [0.5, 0.6) is 0 Å². The van der Waals surface area contributed by atoms with Crippen LogP contribution in [0.2, 0.25) is 0 Å². The summed E-state index contributed by atoms with van der Waals surface area (Å²) < 4.78 is 6.53. The number of piperidine rings is 1. The van der Waals surface area contributed by atoms with Crippen LogP contribution in [0, 0.1) is 12.8 Å². The summed E-state index contributed by atoms with van der Waals surface area (Å²) in [7, 11) is 1.35. The van der Waals surface area contributed by atoms with Gasteiger partial charge in [-0.25, -0.2) is 14.5 Å². The number of aryl methyl sites for hydroxylation is 2. The lowest BCUT2D eigenvalue weighted by atomic mass is 9.96. The van der Waals surface area contributed by atoms with Gasteiger partial charge >= 0.3 is 6.09 Å². The first-order chi connectivity index (χ1) is 15.5. The van der Waals surface area contributed by atoms with E-state index in [4.69, 9.17) is 10.1 Å². The minimum atomic E-state index is -0.436. The predicted octanol–water partition coefficient (Wildman–Crippen LogP) is 2.54. The highest BCUT2D eigenvalue weighted by Gasteiger charge is 2.40. The first kappa shape index (κ1) is 22.5. The first-order valence-corrected chi connectivity index (χ1v) is 11.7. The number of methoxy groups -OCH3 is 1. The molecule has 2 amide bonds. The van der Waals surface area contributed by atoms with E-state index in [1.54, 1.807) is 0 Å². The average molecular weight is 443 g/mol. The Morgan fingerprint density at radius 2 is 2.16 bits per heavy atom. The van der Waals surface area contributed by atoms with Gasteiger partial charge in [0.1, 0.15) is 0 Å². The lowest BCUT2D eigenvalue weighted by Crippen LogP contribution is -2.45. The van der Waals surface area contributed by atoms with Gasteiger partial charge in [0.2, 0.25) is 5.91 Å². The van der Waals surface area contributed by atoms with Gasteiger partial charge in [0.25, 0.3) is 0 Å². The van der Waals surface area contributed by atoms with Crippen LogP contribution < -0.4 is 10.6 Å². The smallest absolute Gasteiger partial charge is 0.406 e. The van der Waals surface area contributed by atoms with Gasteiger partial charge in [-0.15, -0.1) is 0 Å². The van der Waals surface area contributed by atoms with Crippen LogP contribution in [0.4, 0.5) is 4.79 Å². The third kappa shape index (κ3) is 4.87. The quantitative estimate of drug-likeness (QED) is 0.609. The van der Waals surface area contributed by atoms with Crippen molar-refractivity contribution >= 4 is 23.0 Å². The van der Waals surface area contributed by atoms with Crippen LogP contribution in [0.1, 0.15) is 56.5 Å². The molecule has 0 aromatic carbocycles. The number of rotatable bonds is 8. The molecule has 2 aromatic rings. The standard InChI is InChI=1S/C23H34N6O3/c1-15-7-10-19-20(27-28(21(19)26-15)13-5-12-25-23(31)32-3)16(2)29(18-8-9-18)22(30)17-6-4-11-24-14-17/h7,10,16-18,24H,4-6,8-9,11-14H2,1-3H3,(H,25,31). The van der Waals surface area contributed by atoms with Gasteiger partial charge in [0, 0.05) is 36.8 Å². The molecule has 1 aliphatic carbocycles. The van der Waals surface area contributed by atoms with Crippen molar-refractivity contribution in [2.75, 3.05) is 26.7 Å². The Labute approximate surface area is 188 Å². The maximum absolute atomic E-state index is 13.5. The molecule has 174 valence electrons. The summed E-state index contributed by atoms with van der Waals surface area (Å²) in [6.07, 6.45) is 4.38. The molecule has 1 saturated carbocycles. The number of alkyl carbamates (subject to hydrolysis) is 1. The molecule has 0 radical (unpaired) electrons. The number of hydrogen-bond acceptors (Lipinski definition) is 6. The van der Waals surface area contributed by atoms with E-state index in [1.165, 1.54) is 7.11 Å². The fourth-order valence-corrected chi connectivity index (χ4v) is 4.57. The van der Waals surface area contributed by atoms with Crippen molar-refractivity contribution < 1.29 is 14.3 Å². The SMILES string of the molecule is COC(=O)NCCCn1nc(C(C)N(C(=O)C2CCCNC2)C2CC2)c2ccc(C)nc21. The number of aromatic nitrogens is 3. The number of pyridine rings is 1. The van der Waals surface area contributed by atoms with Gasteiger partial charge in [-0.3, -0.25) is 4.79 Å². The van der Waals surface area contributed by atoms with Crippen LogP contribution in [-0.2, 0) is 16.1 Å². The monoisotopic (exact) mass is 442 g/mol. The van der Waals surface area contributed by atoms with Crippen LogP contribution >= 0.6 is 0 Å². The first-order valence-electron chi connectivity index (χ1n) is 11.7. The van der Waals surface area contributed by atoms with E-state index in [2.05, 4.69) is 33.3 Å². The lowest BCUT2D eigenvalue weighted by Gasteiger charge is -2.33. The Bertz CT molecular complexity index is 964. The second-order valence-corrected chi connectivity index (χ2v) is 8.90. The average Bonchev–Trinajstić information content (AvgIpc) is 3.58. The molecule has 2 atom stereocenters. The second-order valence-electron chi connectivity index (χ2n) is 8.90. The molecular weight excluding hydrogens is 408 g/mol. The Morgan fingerprint density at radius 3 is 2.84 bits per heavy atom. The third-order valence-electron chi connectivity index (χ3n) is 6.42. The van der Waals surface area contributed by atoms with Crippen LogP contribution in [0.3, 0.4) is 0 Å². The lowest BCUT2D eigenvalue weighted by molar-refractivity contribution is -0.139. The number of nitrogens with zero attached hydrogens (tertiary/aromatic N) is 4. The van der Waals surface area contributed by atoms with Crippen molar-refractivity contribution in [3.05, 3.63) is 23.5 Å². The summed E-state index contributed by atoms with van der Waals surface area (Å²) in [5.74, 6) is 0.294. The summed E-state index contributed by atoms with van der Waals surface area (Å²) in [6.45, 7) is 6.93. The molecule has 1 saturated heterocycles. The molecular formula is C23H34N6O3. The highest BCUT2D eigenvalue weighted by Crippen LogP contribution is 2.37. The normalized spacial score (nSPS) is 19.5. The number of fused-ring (bicyclic) bond motifs is 1. The summed E-state index contributed by atoms with van der Waals surface area (Å²) in [5, 5.41) is 12.0. The van der Waals surface area contributed by atoms with Gasteiger partial charge in [0.15, 0.2) is 5.65 Å². The largest absolute Gasteiger partial charge is 0.453 e. The Hall–Kier alpha value is -2.68. The molecule has 32 heavy (non-hydrogen) atoms. The molecule has 2 aliphatic rings. The molecule has 2 N–H and O–H groups in total. The zero-order valence-corrected chi connectivity index (χ0v) is 19.3. The number of carbonyl (C=O) groups excluding carboxylic acids is 2. The predicted molar refractivity (Wildman–Crippen MR) is 121 cm³/mol. The van der Waals surface area contributed by atoms with E-state index in [0.29, 0.717) is 25.6 Å². The Kier molecular flexibility index (Phi) is 6.93. The van der Waals surface area contributed by atoms with E-state index < -0.39 is 6.09 Å². The zero-order valence-electron chi connectivity index (χ0n) is 19.3. The number of ether oxygens (including phenoxy) is 1. The summed E-state index contributed by atoms with van der Waals surface area (Å²) >= 11 is 0. The maximum Gasteiger partial charge on any atom is 0.406 e. The van der Waals surface area contributed by atoms with Gasteiger partial charge in [0.05, 0.1) is 24.8 Å². The van der Waals surface area contributed by atoms with Crippen LogP contribution in [0.25, 0.3) is 11.0 Å². The Balaban J connectivity index is 1.57. The van der Waals surface area contributed by atoms with Crippen LogP contribution in [0.15, 0.2) is 12.1 Å². The van der Waals surface area contributed by atoms with Gasteiger partial charge in [-0.1, -0.05) is 0 Å². The van der Waals surface area contributed by atoms with E-state index in [-0.39, 0.29) is 17.9 Å². The molecule has 1 aliphatic heterocycles. The summed E-state index contributed by atoms with van der Waals surface area (Å²) in [6, 6.07) is 4.26. The van der Waals surface area contributed by atoms with E-state index >= 15 is 0 Å². The highest BCUT2D eigenvalue weighted by molar-refractivity contribution is 5.83. The van der Waals surface area contributed by atoms with Crippen LogP contribution in [-0.4, -0.2) is 64.5 Å². The van der Waals surface area contributed by atoms with Gasteiger partial charge in [-0.2, -0.15) is 5.10 Å². The van der Waals surface area contributed by atoms with Crippen molar-refractivity contribution in [2.45, 2.75) is 64.6 Å². The third-order valence-corrected chi connectivity index (χ3v) is 6.42. The van der Waals surface area contributed by atoms with Crippen molar-refractivity contribution in [2.24, 2.45) is 5.92 Å². The van der Waals surface area contributed by atoms with Crippen molar-refractivity contribution in [1.82, 2.24) is 30.3 Å². The molecule has 4 rings (SSSR count). The molecule has 2 aromatic heterocycles. The van der Waals surface area contributed by atoms with Crippen molar-refractivity contribution in [3.63, 3.8) is 0 Å². The minimum Gasteiger partial charge on any atom is -0.453 e.